The van der Waals surface area contributed by atoms with Crippen molar-refractivity contribution in [3.63, 3.8) is 0 Å². The number of hydrogen-bond acceptors (Lipinski definition) is 3. The van der Waals surface area contributed by atoms with E-state index < -0.39 is 0 Å². The van der Waals surface area contributed by atoms with E-state index in [0.29, 0.717) is 0 Å². The predicted octanol–water partition coefficient (Wildman–Crippen LogP) is 2.57. The third kappa shape index (κ3) is 5.57. The molecule has 1 saturated carbocycles. The molecule has 4 heteroatoms. The van der Waals surface area contributed by atoms with Crippen LogP contribution in [-0.4, -0.2) is 38.3 Å². The first-order valence-corrected chi connectivity index (χ1v) is 7.42. The van der Waals surface area contributed by atoms with Gasteiger partial charge in [-0.25, -0.2) is 4.39 Å². The Bertz CT molecular complexity index is 409. The van der Waals surface area contributed by atoms with E-state index in [4.69, 9.17) is 10.5 Å². The molecule has 0 radical (unpaired) electrons. The maximum absolute atomic E-state index is 13.1. The summed E-state index contributed by atoms with van der Waals surface area (Å²) in [7, 11) is 2.07. The summed E-state index contributed by atoms with van der Waals surface area (Å²) in [5.41, 5.74) is 6.95. The summed E-state index contributed by atoms with van der Waals surface area (Å²) >= 11 is 0. The monoisotopic (exact) mass is 280 g/mol. The lowest BCUT2D eigenvalue weighted by Gasteiger charge is -2.19. The van der Waals surface area contributed by atoms with E-state index in [2.05, 4.69) is 11.9 Å². The van der Waals surface area contributed by atoms with Crippen LogP contribution in [0.3, 0.4) is 0 Å². The standard InChI is InChI=1S/C16H25FN2O/c1-19(9-10-20-12-13-5-6-13)8-7-16(18)14-3-2-4-15(17)11-14/h2-4,11,13,16H,5-10,12,18H2,1H3. The van der Waals surface area contributed by atoms with Gasteiger partial charge >= 0.3 is 0 Å². The van der Waals surface area contributed by atoms with E-state index in [1.165, 1.54) is 25.0 Å². The highest BCUT2D eigenvalue weighted by Gasteiger charge is 2.20. The first kappa shape index (κ1) is 15.4. The largest absolute Gasteiger partial charge is 0.380 e. The number of halogens is 1. The maximum atomic E-state index is 13.1. The highest BCUT2D eigenvalue weighted by molar-refractivity contribution is 5.19. The molecule has 1 aliphatic rings. The number of rotatable bonds is 9. The average molecular weight is 280 g/mol. The Morgan fingerprint density at radius 2 is 2.20 bits per heavy atom. The second-order valence-electron chi connectivity index (χ2n) is 5.77. The fourth-order valence-electron chi connectivity index (χ4n) is 2.13. The van der Waals surface area contributed by atoms with Crippen LogP contribution in [0.4, 0.5) is 4.39 Å². The van der Waals surface area contributed by atoms with Crippen molar-refractivity contribution in [2.75, 3.05) is 33.4 Å². The molecule has 112 valence electrons. The summed E-state index contributed by atoms with van der Waals surface area (Å²) in [6.07, 6.45) is 3.49. The van der Waals surface area contributed by atoms with Crippen LogP contribution in [0.15, 0.2) is 24.3 Å². The van der Waals surface area contributed by atoms with Crippen LogP contribution in [0.25, 0.3) is 0 Å². The first-order chi connectivity index (χ1) is 9.65. The van der Waals surface area contributed by atoms with Crippen LogP contribution in [0, 0.1) is 11.7 Å². The van der Waals surface area contributed by atoms with Gasteiger partial charge in [0, 0.05) is 19.2 Å². The summed E-state index contributed by atoms with van der Waals surface area (Å²) < 4.78 is 18.7. The first-order valence-electron chi connectivity index (χ1n) is 7.42. The lowest BCUT2D eigenvalue weighted by Crippen LogP contribution is -2.27. The van der Waals surface area contributed by atoms with Crippen molar-refractivity contribution in [3.8, 4) is 0 Å². The number of likely N-dealkylation sites (N-methyl/N-ethyl adjacent to an activating group) is 1. The molecule has 1 aromatic carbocycles. The van der Waals surface area contributed by atoms with Crippen molar-refractivity contribution in [1.29, 1.82) is 0 Å². The van der Waals surface area contributed by atoms with Crippen LogP contribution in [0.1, 0.15) is 30.9 Å². The fourth-order valence-corrected chi connectivity index (χ4v) is 2.13. The summed E-state index contributed by atoms with van der Waals surface area (Å²) in [4.78, 5) is 2.21. The molecule has 1 aliphatic carbocycles. The molecular formula is C16H25FN2O. The molecule has 0 aliphatic heterocycles. The SMILES string of the molecule is CN(CCOCC1CC1)CCC(N)c1cccc(F)c1. The van der Waals surface area contributed by atoms with Gasteiger partial charge in [-0.3, -0.25) is 0 Å². The normalized spacial score (nSPS) is 16.6. The van der Waals surface area contributed by atoms with Gasteiger partial charge in [0.15, 0.2) is 0 Å². The van der Waals surface area contributed by atoms with E-state index in [1.54, 1.807) is 6.07 Å². The third-order valence-electron chi connectivity index (χ3n) is 3.77. The molecule has 2 rings (SSSR count). The van der Waals surface area contributed by atoms with Crippen molar-refractivity contribution in [2.45, 2.75) is 25.3 Å². The lowest BCUT2D eigenvalue weighted by atomic mass is 10.0. The smallest absolute Gasteiger partial charge is 0.123 e. The summed E-state index contributed by atoms with van der Waals surface area (Å²) in [5.74, 6) is 0.599. The lowest BCUT2D eigenvalue weighted by molar-refractivity contribution is 0.103. The Labute approximate surface area is 120 Å². The number of ether oxygens (including phenoxy) is 1. The van der Waals surface area contributed by atoms with Gasteiger partial charge in [-0.15, -0.1) is 0 Å². The summed E-state index contributed by atoms with van der Waals surface area (Å²) in [6, 6.07) is 6.44. The topological polar surface area (TPSA) is 38.5 Å². The highest BCUT2D eigenvalue weighted by atomic mass is 19.1. The number of hydrogen-bond donors (Lipinski definition) is 1. The van der Waals surface area contributed by atoms with Crippen molar-refractivity contribution < 1.29 is 9.13 Å². The van der Waals surface area contributed by atoms with Gasteiger partial charge in [-0.2, -0.15) is 0 Å². The van der Waals surface area contributed by atoms with E-state index in [0.717, 1.165) is 44.2 Å². The second-order valence-corrected chi connectivity index (χ2v) is 5.77. The minimum Gasteiger partial charge on any atom is -0.380 e. The average Bonchev–Trinajstić information content (AvgIpc) is 3.25. The molecule has 3 nitrogen and oxygen atoms in total. The van der Waals surface area contributed by atoms with Gasteiger partial charge in [0.2, 0.25) is 0 Å². The van der Waals surface area contributed by atoms with Crippen molar-refractivity contribution in [1.82, 2.24) is 4.90 Å². The quantitative estimate of drug-likeness (QED) is 0.707. The zero-order valence-corrected chi connectivity index (χ0v) is 12.2. The Morgan fingerprint density at radius 3 is 2.90 bits per heavy atom. The van der Waals surface area contributed by atoms with Gasteiger partial charge in [0.05, 0.1) is 6.61 Å². The predicted molar refractivity (Wildman–Crippen MR) is 79.0 cm³/mol. The molecule has 0 heterocycles. The number of nitrogens with two attached hydrogens (primary N) is 1. The highest BCUT2D eigenvalue weighted by Crippen LogP contribution is 2.28. The second kappa shape index (κ2) is 7.72. The molecule has 20 heavy (non-hydrogen) atoms. The molecule has 1 unspecified atom stereocenters. The Hall–Kier alpha value is -0.970. The molecular weight excluding hydrogens is 255 g/mol. The summed E-state index contributed by atoms with van der Waals surface area (Å²) in [6.45, 7) is 3.51. The van der Waals surface area contributed by atoms with Crippen molar-refractivity contribution in [2.24, 2.45) is 11.7 Å². The van der Waals surface area contributed by atoms with E-state index in [1.807, 2.05) is 6.07 Å². The minimum absolute atomic E-state index is 0.111. The number of nitrogens with zero attached hydrogens (tertiary/aromatic N) is 1. The van der Waals surface area contributed by atoms with Gasteiger partial charge in [0.25, 0.3) is 0 Å². The van der Waals surface area contributed by atoms with E-state index in [9.17, 15) is 4.39 Å². The minimum atomic E-state index is -0.222. The molecule has 0 spiro atoms. The summed E-state index contributed by atoms with van der Waals surface area (Å²) in [5, 5.41) is 0. The fraction of sp³-hybridized carbons (Fsp3) is 0.625. The maximum Gasteiger partial charge on any atom is 0.123 e. The zero-order chi connectivity index (χ0) is 14.4. The molecule has 2 N–H and O–H groups in total. The van der Waals surface area contributed by atoms with Crippen LogP contribution >= 0.6 is 0 Å². The van der Waals surface area contributed by atoms with Gasteiger partial charge in [-0.05, 0) is 56.5 Å². The molecule has 0 bridgehead atoms. The molecule has 0 amide bonds. The van der Waals surface area contributed by atoms with Crippen molar-refractivity contribution in [3.05, 3.63) is 35.6 Å². The molecule has 1 fully saturated rings. The van der Waals surface area contributed by atoms with Crippen LogP contribution < -0.4 is 5.73 Å². The van der Waals surface area contributed by atoms with Crippen molar-refractivity contribution >= 4 is 0 Å². The van der Waals surface area contributed by atoms with Gasteiger partial charge in [0.1, 0.15) is 5.82 Å². The van der Waals surface area contributed by atoms with Crippen LogP contribution in [-0.2, 0) is 4.74 Å². The third-order valence-corrected chi connectivity index (χ3v) is 3.77. The Kier molecular flexibility index (Phi) is 5.95. The molecule has 0 saturated heterocycles. The molecule has 1 atom stereocenters. The Balaban J connectivity index is 1.60. The van der Waals surface area contributed by atoms with E-state index in [-0.39, 0.29) is 11.9 Å². The number of benzene rings is 1. The zero-order valence-electron chi connectivity index (χ0n) is 12.2. The van der Waals surface area contributed by atoms with Gasteiger partial charge < -0.3 is 15.4 Å². The van der Waals surface area contributed by atoms with E-state index >= 15 is 0 Å². The van der Waals surface area contributed by atoms with Crippen LogP contribution in [0.2, 0.25) is 0 Å². The van der Waals surface area contributed by atoms with Gasteiger partial charge in [-0.1, -0.05) is 12.1 Å². The molecule has 0 aromatic heterocycles. The molecule has 1 aromatic rings. The van der Waals surface area contributed by atoms with Crippen LogP contribution in [0.5, 0.6) is 0 Å². The Morgan fingerprint density at radius 1 is 1.40 bits per heavy atom.